The van der Waals surface area contributed by atoms with Crippen molar-refractivity contribution in [3.05, 3.63) is 0 Å². The summed E-state index contributed by atoms with van der Waals surface area (Å²) in [7, 11) is -2.10. The Morgan fingerprint density at radius 3 is 1.23 bits per heavy atom. The van der Waals surface area contributed by atoms with Crippen LogP contribution in [-0.2, 0) is 0 Å². The van der Waals surface area contributed by atoms with Crippen LogP contribution in [0.1, 0.15) is 13.3 Å². The van der Waals surface area contributed by atoms with Crippen LogP contribution >= 0.6 is 0 Å². The summed E-state index contributed by atoms with van der Waals surface area (Å²) in [4.78, 5) is 0. The first kappa shape index (κ1) is 16.1. The largest absolute Gasteiger partial charge is 0.346 e. The summed E-state index contributed by atoms with van der Waals surface area (Å²) in [5.41, 5.74) is 0. The standard InChI is InChI=1S/C9H25NSi2.H4Si/c1-8-9-10(11(2,3)4)12(5,6)7;/h8-9H2,1-7H3;1H4. The van der Waals surface area contributed by atoms with Crippen LogP contribution in [-0.4, -0.2) is 38.2 Å². The van der Waals surface area contributed by atoms with Crippen molar-refractivity contribution in [3.63, 3.8) is 0 Å². The van der Waals surface area contributed by atoms with Gasteiger partial charge in [-0.25, -0.2) is 0 Å². The predicted octanol–water partition coefficient (Wildman–Crippen LogP) is 1.92. The van der Waals surface area contributed by atoms with E-state index in [0.29, 0.717) is 0 Å². The van der Waals surface area contributed by atoms with E-state index >= 15 is 0 Å². The Bertz CT molecular complexity index is 121. The maximum absolute atomic E-state index is 2.83. The minimum atomic E-state index is -1.05. The van der Waals surface area contributed by atoms with Crippen LogP contribution in [0.15, 0.2) is 0 Å². The van der Waals surface area contributed by atoms with Crippen LogP contribution in [0.3, 0.4) is 0 Å². The molecule has 0 aliphatic rings. The van der Waals surface area contributed by atoms with E-state index in [9.17, 15) is 0 Å². The van der Waals surface area contributed by atoms with E-state index < -0.39 is 16.5 Å². The first-order valence-corrected chi connectivity index (χ1v) is 11.9. The highest BCUT2D eigenvalue weighted by Gasteiger charge is 2.33. The van der Waals surface area contributed by atoms with Gasteiger partial charge in [-0.3, -0.25) is 0 Å². The maximum Gasteiger partial charge on any atom is 0.112 e. The Kier molecular flexibility index (Phi) is 6.77. The van der Waals surface area contributed by atoms with Crippen molar-refractivity contribution in [2.24, 2.45) is 0 Å². The molecule has 0 aliphatic carbocycles. The van der Waals surface area contributed by atoms with E-state index in [1.54, 1.807) is 0 Å². The quantitative estimate of drug-likeness (QED) is 0.673. The molecule has 0 N–H and O–H groups in total. The molecule has 13 heavy (non-hydrogen) atoms. The van der Waals surface area contributed by atoms with E-state index in [0.717, 1.165) is 0 Å². The zero-order valence-electron chi connectivity index (χ0n) is 9.86. The fourth-order valence-corrected chi connectivity index (χ4v) is 11.7. The lowest BCUT2D eigenvalue weighted by atomic mass is 10.5. The van der Waals surface area contributed by atoms with Gasteiger partial charge in [-0.05, 0) is 23.9 Å². The summed E-state index contributed by atoms with van der Waals surface area (Å²) < 4.78 is 2.83. The highest BCUT2D eigenvalue weighted by Crippen LogP contribution is 2.19. The average molecular weight is 236 g/mol. The molecule has 0 amide bonds. The van der Waals surface area contributed by atoms with Crippen LogP contribution in [0.2, 0.25) is 39.3 Å². The second-order valence-corrected chi connectivity index (χ2v) is 15.7. The summed E-state index contributed by atoms with van der Waals surface area (Å²) in [6.45, 7) is 18.4. The van der Waals surface area contributed by atoms with Crippen LogP contribution in [0, 0.1) is 0 Å². The normalized spacial score (nSPS) is 12.9. The second kappa shape index (κ2) is 5.48. The fourth-order valence-electron chi connectivity index (χ4n) is 1.90. The Morgan fingerprint density at radius 2 is 1.15 bits per heavy atom. The summed E-state index contributed by atoms with van der Waals surface area (Å²) in [6, 6.07) is 0. The van der Waals surface area contributed by atoms with Gasteiger partial charge in [-0.1, -0.05) is 46.2 Å². The molecular weight excluding hydrogens is 206 g/mol. The zero-order chi connectivity index (χ0) is 9.99. The minimum absolute atomic E-state index is 0. The Hall–Kier alpha value is 0.611. The SMILES string of the molecule is CCCN([Si](C)(C)C)[Si](C)(C)C.[SiH4]. The van der Waals surface area contributed by atoms with Gasteiger partial charge in [0.15, 0.2) is 0 Å². The van der Waals surface area contributed by atoms with Gasteiger partial charge in [0.05, 0.1) is 0 Å². The summed E-state index contributed by atoms with van der Waals surface area (Å²) >= 11 is 0. The van der Waals surface area contributed by atoms with Crippen molar-refractivity contribution in [2.75, 3.05) is 6.54 Å². The lowest BCUT2D eigenvalue weighted by molar-refractivity contribution is 0.602. The molecule has 0 bridgehead atoms. The van der Waals surface area contributed by atoms with Gasteiger partial charge >= 0.3 is 0 Å². The van der Waals surface area contributed by atoms with Gasteiger partial charge in [0, 0.05) is 0 Å². The number of hydrogen-bond donors (Lipinski definition) is 0. The van der Waals surface area contributed by atoms with Gasteiger partial charge in [0.2, 0.25) is 0 Å². The van der Waals surface area contributed by atoms with Crippen LogP contribution < -0.4 is 0 Å². The monoisotopic (exact) mass is 235 g/mol. The molecular formula is C9H29NSi3. The number of rotatable bonds is 4. The summed E-state index contributed by atoms with van der Waals surface area (Å²) in [6.07, 6.45) is 1.30. The topological polar surface area (TPSA) is 3.24 Å². The average Bonchev–Trinajstić information content (AvgIpc) is 1.77. The minimum Gasteiger partial charge on any atom is -0.346 e. The van der Waals surface area contributed by atoms with E-state index in [1.165, 1.54) is 13.0 Å². The van der Waals surface area contributed by atoms with Gasteiger partial charge < -0.3 is 4.23 Å². The molecule has 4 heteroatoms. The first-order chi connectivity index (χ1) is 5.19. The van der Waals surface area contributed by atoms with E-state index in [2.05, 4.69) is 50.4 Å². The third-order valence-electron chi connectivity index (χ3n) is 2.07. The molecule has 0 atom stereocenters. The maximum atomic E-state index is 2.83. The zero-order valence-corrected chi connectivity index (χ0v) is 11.9. The van der Waals surface area contributed by atoms with Crippen LogP contribution in [0.5, 0.6) is 0 Å². The molecule has 0 saturated heterocycles. The molecule has 82 valence electrons. The molecule has 0 aromatic rings. The second-order valence-electron chi connectivity index (χ2n) is 5.49. The smallest absolute Gasteiger partial charge is 0.112 e. The lowest BCUT2D eigenvalue weighted by Gasteiger charge is -2.43. The molecule has 0 aliphatic heterocycles. The number of hydrogen-bond acceptors (Lipinski definition) is 1. The Balaban J connectivity index is 0. The van der Waals surface area contributed by atoms with Crippen LogP contribution in [0.25, 0.3) is 0 Å². The highest BCUT2D eigenvalue weighted by molar-refractivity contribution is 6.89. The van der Waals surface area contributed by atoms with Gasteiger partial charge in [-0.2, -0.15) is 0 Å². The Morgan fingerprint density at radius 1 is 0.846 bits per heavy atom. The van der Waals surface area contributed by atoms with Crippen molar-refractivity contribution in [3.8, 4) is 0 Å². The molecule has 1 nitrogen and oxygen atoms in total. The van der Waals surface area contributed by atoms with Crippen molar-refractivity contribution in [1.29, 1.82) is 0 Å². The molecule has 0 unspecified atom stereocenters. The molecule has 0 saturated carbocycles. The van der Waals surface area contributed by atoms with Gasteiger partial charge in [-0.15, -0.1) is 0 Å². The summed E-state index contributed by atoms with van der Waals surface area (Å²) in [5, 5.41) is 0. The van der Waals surface area contributed by atoms with Crippen molar-refractivity contribution < 1.29 is 0 Å². The van der Waals surface area contributed by atoms with Crippen LogP contribution in [0.4, 0.5) is 0 Å². The third-order valence-corrected chi connectivity index (χ3v) is 9.78. The van der Waals surface area contributed by atoms with Gasteiger partial charge in [0.1, 0.15) is 16.5 Å². The predicted molar refractivity (Wildman–Crippen MR) is 75.0 cm³/mol. The van der Waals surface area contributed by atoms with Crippen molar-refractivity contribution in [2.45, 2.75) is 52.6 Å². The van der Waals surface area contributed by atoms with Crippen molar-refractivity contribution in [1.82, 2.24) is 4.23 Å². The molecule has 0 heterocycles. The first-order valence-electron chi connectivity index (χ1n) is 4.97. The molecule has 0 aromatic carbocycles. The third kappa shape index (κ3) is 5.83. The fraction of sp³-hybridized carbons (Fsp3) is 1.00. The van der Waals surface area contributed by atoms with E-state index in [-0.39, 0.29) is 11.0 Å². The molecule has 0 spiro atoms. The highest BCUT2D eigenvalue weighted by atomic mass is 28.4. The van der Waals surface area contributed by atoms with Crippen molar-refractivity contribution >= 4 is 27.4 Å². The van der Waals surface area contributed by atoms with E-state index in [4.69, 9.17) is 0 Å². The molecule has 0 radical (unpaired) electrons. The molecule has 0 fully saturated rings. The lowest BCUT2D eigenvalue weighted by Crippen LogP contribution is -2.59. The Labute approximate surface area is 91.1 Å². The molecule has 0 rings (SSSR count). The number of nitrogens with zero attached hydrogens (tertiary/aromatic N) is 1. The molecule has 0 aromatic heterocycles. The van der Waals surface area contributed by atoms with Gasteiger partial charge in [0.25, 0.3) is 0 Å². The van der Waals surface area contributed by atoms with E-state index in [1.807, 2.05) is 0 Å². The summed E-state index contributed by atoms with van der Waals surface area (Å²) in [5.74, 6) is 0.